The number of nitrogens with zero attached hydrogens (tertiary/aromatic N) is 5. The number of anilines is 1. The summed E-state index contributed by atoms with van der Waals surface area (Å²) in [6, 6.07) is 7.71. The molecule has 3 aromatic rings. The van der Waals surface area contributed by atoms with E-state index in [1.54, 1.807) is 4.68 Å². The minimum Gasteiger partial charge on any atom is -0.490 e. The standard InChI is InChI=1S/C15H15N5O2/c1-19-7-8-21-13-4-3-10(9-12(13)19)15-16-14(18-22-15)11-5-6-20(2)17-11/h3-6,9H,7-8H2,1-2H3. The van der Waals surface area contributed by atoms with Gasteiger partial charge in [0.1, 0.15) is 18.1 Å². The minimum absolute atomic E-state index is 0.474. The molecule has 3 heterocycles. The molecule has 1 aromatic carbocycles. The van der Waals surface area contributed by atoms with Gasteiger partial charge < -0.3 is 14.2 Å². The minimum atomic E-state index is 0.474. The van der Waals surface area contributed by atoms with Gasteiger partial charge in [0.05, 0.1) is 12.2 Å². The van der Waals surface area contributed by atoms with E-state index < -0.39 is 0 Å². The SMILES string of the molecule is CN1CCOc2ccc(-c3nc(-c4ccn(C)n4)no3)cc21. The van der Waals surface area contributed by atoms with Gasteiger partial charge in [-0.15, -0.1) is 0 Å². The molecule has 2 aromatic heterocycles. The summed E-state index contributed by atoms with van der Waals surface area (Å²) in [4.78, 5) is 6.58. The summed E-state index contributed by atoms with van der Waals surface area (Å²) in [5, 5.41) is 8.27. The van der Waals surface area contributed by atoms with Crippen molar-refractivity contribution in [2.75, 3.05) is 25.1 Å². The summed E-state index contributed by atoms with van der Waals surface area (Å²) in [6.45, 7) is 1.56. The van der Waals surface area contributed by atoms with Crippen molar-refractivity contribution in [1.82, 2.24) is 19.9 Å². The molecule has 0 unspecified atom stereocenters. The van der Waals surface area contributed by atoms with Crippen LogP contribution in [0.25, 0.3) is 23.0 Å². The lowest BCUT2D eigenvalue weighted by molar-refractivity contribution is 0.311. The lowest BCUT2D eigenvalue weighted by Crippen LogP contribution is -2.28. The van der Waals surface area contributed by atoms with Crippen molar-refractivity contribution in [3.8, 4) is 28.7 Å². The average Bonchev–Trinajstić information content (AvgIpc) is 3.16. The molecule has 1 aliphatic rings. The first-order valence-corrected chi connectivity index (χ1v) is 7.03. The van der Waals surface area contributed by atoms with Crippen LogP contribution in [0.3, 0.4) is 0 Å². The average molecular weight is 297 g/mol. The van der Waals surface area contributed by atoms with E-state index in [1.165, 1.54) is 0 Å². The summed E-state index contributed by atoms with van der Waals surface area (Å²) >= 11 is 0. The predicted octanol–water partition coefficient (Wildman–Crippen LogP) is 1.97. The number of hydrogen-bond donors (Lipinski definition) is 0. The first-order valence-electron chi connectivity index (χ1n) is 7.03. The summed E-state index contributed by atoms with van der Waals surface area (Å²) < 4.78 is 12.7. The Hall–Kier alpha value is -2.83. The zero-order chi connectivity index (χ0) is 15.1. The molecule has 0 amide bonds. The monoisotopic (exact) mass is 297 g/mol. The van der Waals surface area contributed by atoms with Gasteiger partial charge in [-0.25, -0.2) is 0 Å². The van der Waals surface area contributed by atoms with E-state index in [0.717, 1.165) is 23.5 Å². The van der Waals surface area contributed by atoms with Gasteiger partial charge in [0.25, 0.3) is 5.89 Å². The predicted molar refractivity (Wildman–Crippen MR) is 80.7 cm³/mol. The second kappa shape index (κ2) is 4.87. The second-order valence-corrected chi connectivity index (χ2v) is 5.25. The summed E-state index contributed by atoms with van der Waals surface area (Å²) in [5.74, 6) is 1.84. The van der Waals surface area contributed by atoms with Crippen LogP contribution < -0.4 is 9.64 Å². The van der Waals surface area contributed by atoms with E-state index in [9.17, 15) is 0 Å². The van der Waals surface area contributed by atoms with Crippen molar-refractivity contribution < 1.29 is 9.26 Å². The smallest absolute Gasteiger partial charge is 0.258 e. The lowest BCUT2D eigenvalue weighted by Gasteiger charge is -2.27. The number of fused-ring (bicyclic) bond motifs is 1. The number of aryl methyl sites for hydroxylation is 1. The Morgan fingerprint density at radius 1 is 1.18 bits per heavy atom. The molecule has 22 heavy (non-hydrogen) atoms. The fourth-order valence-corrected chi connectivity index (χ4v) is 2.46. The van der Waals surface area contributed by atoms with Gasteiger partial charge in [0.15, 0.2) is 0 Å². The third-order valence-corrected chi connectivity index (χ3v) is 3.67. The summed E-state index contributed by atoms with van der Waals surface area (Å²) in [5.41, 5.74) is 2.59. The number of rotatable bonds is 2. The number of benzene rings is 1. The lowest BCUT2D eigenvalue weighted by atomic mass is 10.1. The van der Waals surface area contributed by atoms with E-state index in [1.807, 2.05) is 44.6 Å². The molecule has 0 atom stereocenters. The van der Waals surface area contributed by atoms with Gasteiger partial charge in [0, 0.05) is 25.9 Å². The molecule has 7 heteroatoms. The highest BCUT2D eigenvalue weighted by molar-refractivity contribution is 5.69. The molecule has 0 N–H and O–H groups in total. The molecule has 0 aliphatic carbocycles. The van der Waals surface area contributed by atoms with Crippen LogP contribution in [0.4, 0.5) is 5.69 Å². The number of likely N-dealkylation sites (N-methyl/N-ethyl adjacent to an activating group) is 1. The fourth-order valence-electron chi connectivity index (χ4n) is 2.46. The molecule has 7 nitrogen and oxygen atoms in total. The van der Waals surface area contributed by atoms with Crippen LogP contribution in [0.1, 0.15) is 0 Å². The maximum atomic E-state index is 5.64. The largest absolute Gasteiger partial charge is 0.490 e. The van der Waals surface area contributed by atoms with Crippen LogP contribution in [0, 0.1) is 0 Å². The Balaban J connectivity index is 1.71. The van der Waals surface area contributed by atoms with Crippen LogP contribution in [-0.4, -0.2) is 40.1 Å². The van der Waals surface area contributed by atoms with Crippen molar-refractivity contribution in [3.63, 3.8) is 0 Å². The van der Waals surface area contributed by atoms with Gasteiger partial charge >= 0.3 is 0 Å². The summed E-state index contributed by atoms with van der Waals surface area (Å²) in [7, 11) is 3.89. The maximum Gasteiger partial charge on any atom is 0.258 e. The Labute approximate surface area is 127 Å². The van der Waals surface area contributed by atoms with E-state index in [4.69, 9.17) is 9.26 Å². The Morgan fingerprint density at radius 2 is 2.09 bits per heavy atom. The van der Waals surface area contributed by atoms with Gasteiger partial charge in [-0.3, -0.25) is 4.68 Å². The highest BCUT2D eigenvalue weighted by Crippen LogP contribution is 2.34. The van der Waals surface area contributed by atoms with E-state index in [2.05, 4.69) is 20.1 Å². The number of ether oxygens (including phenoxy) is 1. The van der Waals surface area contributed by atoms with Crippen LogP contribution in [0.5, 0.6) is 5.75 Å². The Morgan fingerprint density at radius 3 is 2.91 bits per heavy atom. The van der Waals surface area contributed by atoms with Crippen molar-refractivity contribution in [1.29, 1.82) is 0 Å². The van der Waals surface area contributed by atoms with Gasteiger partial charge in [-0.2, -0.15) is 10.1 Å². The van der Waals surface area contributed by atoms with Crippen LogP contribution >= 0.6 is 0 Å². The Bertz CT molecular complexity index is 823. The van der Waals surface area contributed by atoms with Crippen molar-refractivity contribution in [2.45, 2.75) is 0 Å². The zero-order valence-corrected chi connectivity index (χ0v) is 12.4. The number of aromatic nitrogens is 4. The van der Waals surface area contributed by atoms with Crippen LogP contribution in [0.15, 0.2) is 35.0 Å². The molecule has 0 fully saturated rings. The molecular weight excluding hydrogens is 282 g/mol. The molecule has 0 saturated heterocycles. The summed E-state index contributed by atoms with van der Waals surface area (Å²) in [6.07, 6.45) is 1.84. The van der Waals surface area contributed by atoms with E-state index in [-0.39, 0.29) is 0 Å². The van der Waals surface area contributed by atoms with Gasteiger partial charge in [-0.1, -0.05) is 5.16 Å². The third kappa shape index (κ3) is 2.11. The van der Waals surface area contributed by atoms with Gasteiger partial charge in [-0.05, 0) is 24.3 Å². The highest BCUT2D eigenvalue weighted by Gasteiger charge is 2.18. The van der Waals surface area contributed by atoms with E-state index in [0.29, 0.717) is 24.0 Å². The normalized spacial score (nSPS) is 13.8. The first kappa shape index (κ1) is 12.9. The van der Waals surface area contributed by atoms with Crippen molar-refractivity contribution >= 4 is 5.69 Å². The highest BCUT2D eigenvalue weighted by atomic mass is 16.5. The molecule has 112 valence electrons. The first-order chi connectivity index (χ1) is 10.7. The van der Waals surface area contributed by atoms with Crippen molar-refractivity contribution in [3.05, 3.63) is 30.5 Å². The molecule has 0 spiro atoms. The van der Waals surface area contributed by atoms with Crippen molar-refractivity contribution in [2.24, 2.45) is 7.05 Å². The zero-order valence-electron chi connectivity index (χ0n) is 12.4. The second-order valence-electron chi connectivity index (χ2n) is 5.25. The molecule has 0 radical (unpaired) electrons. The number of hydrogen-bond acceptors (Lipinski definition) is 6. The third-order valence-electron chi connectivity index (χ3n) is 3.67. The molecule has 4 rings (SSSR count). The molecule has 0 bridgehead atoms. The molecule has 1 aliphatic heterocycles. The quantitative estimate of drug-likeness (QED) is 0.720. The maximum absolute atomic E-state index is 5.64. The fraction of sp³-hybridized carbons (Fsp3) is 0.267. The Kier molecular flexibility index (Phi) is 2.85. The van der Waals surface area contributed by atoms with Crippen LogP contribution in [0.2, 0.25) is 0 Å². The molecular formula is C15H15N5O2. The van der Waals surface area contributed by atoms with Gasteiger partial charge in [0.2, 0.25) is 5.82 Å². The molecule has 0 saturated carbocycles. The topological polar surface area (TPSA) is 69.2 Å². The van der Waals surface area contributed by atoms with E-state index >= 15 is 0 Å². The van der Waals surface area contributed by atoms with Crippen LogP contribution in [-0.2, 0) is 7.05 Å².